The molecule has 0 unspecified atom stereocenters. The number of nitrogens with one attached hydrogen (secondary N) is 1. The van der Waals surface area contributed by atoms with Crippen LogP contribution >= 0.6 is 22.9 Å². The van der Waals surface area contributed by atoms with Gasteiger partial charge in [0.05, 0.1) is 22.2 Å². The number of halogens is 1. The molecule has 0 aliphatic heterocycles. The second kappa shape index (κ2) is 5.98. The molecule has 1 N–H and O–H groups in total. The van der Waals surface area contributed by atoms with Crippen molar-refractivity contribution in [2.75, 3.05) is 0 Å². The Kier molecular flexibility index (Phi) is 4.31. The van der Waals surface area contributed by atoms with E-state index in [4.69, 9.17) is 11.6 Å². The zero-order chi connectivity index (χ0) is 14.7. The van der Waals surface area contributed by atoms with Gasteiger partial charge in [-0.25, -0.2) is 4.98 Å². The van der Waals surface area contributed by atoms with E-state index in [2.05, 4.69) is 10.3 Å². The number of aryl methyl sites for hydroxylation is 1. The molecule has 0 atom stereocenters. The highest BCUT2D eigenvalue weighted by atomic mass is 35.5. The fourth-order valence-corrected chi connectivity index (χ4v) is 2.39. The van der Waals surface area contributed by atoms with Crippen molar-refractivity contribution >= 4 is 34.5 Å². The van der Waals surface area contributed by atoms with E-state index in [9.17, 15) is 14.9 Å². The Hall–Kier alpha value is -1.99. The summed E-state index contributed by atoms with van der Waals surface area (Å²) in [6.07, 6.45) is 0. The van der Waals surface area contributed by atoms with Crippen molar-refractivity contribution in [3.05, 3.63) is 55.0 Å². The number of benzene rings is 1. The molecule has 0 bridgehead atoms. The minimum absolute atomic E-state index is 0.0607. The monoisotopic (exact) mass is 311 g/mol. The van der Waals surface area contributed by atoms with E-state index in [1.54, 1.807) is 0 Å². The molecule has 1 aromatic heterocycles. The van der Waals surface area contributed by atoms with Crippen LogP contribution in [0.15, 0.2) is 23.6 Å². The molecule has 1 heterocycles. The number of thiazole rings is 1. The van der Waals surface area contributed by atoms with Gasteiger partial charge in [-0.2, -0.15) is 0 Å². The molecule has 0 radical (unpaired) electrons. The molecule has 0 spiro atoms. The highest BCUT2D eigenvalue weighted by molar-refractivity contribution is 7.09. The lowest BCUT2D eigenvalue weighted by Gasteiger charge is -2.04. The van der Waals surface area contributed by atoms with Gasteiger partial charge in [0.1, 0.15) is 5.56 Å². The van der Waals surface area contributed by atoms with Crippen molar-refractivity contribution in [1.82, 2.24) is 10.3 Å². The van der Waals surface area contributed by atoms with Gasteiger partial charge in [0.25, 0.3) is 11.6 Å². The number of nitro benzene ring substituents is 1. The first kappa shape index (κ1) is 14.4. The highest BCUT2D eigenvalue weighted by Gasteiger charge is 2.20. The third-order valence-electron chi connectivity index (χ3n) is 2.50. The summed E-state index contributed by atoms with van der Waals surface area (Å²) < 4.78 is 0. The number of rotatable bonds is 4. The summed E-state index contributed by atoms with van der Waals surface area (Å²) in [6, 6.07) is 3.87. The van der Waals surface area contributed by atoms with Crippen LogP contribution in [0.5, 0.6) is 0 Å². The highest BCUT2D eigenvalue weighted by Crippen LogP contribution is 2.22. The van der Waals surface area contributed by atoms with Crippen LogP contribution in [-0.2, 0) is 6.54 Å². The average Bonchev–Trinajstić information content (AvgIpc) is 2.81. The first-order chi connectivity index (χ1) is 9.47. The molecule has 1 amide bonds. The van der Waals surface area contributed by atoms with Crippen molar-refractivity contribution in [1.29, 1.82) is 0 Å². The topological polar surface area (TPSA) is 85.1 Å². The standard InChI is InChI=1S/C12H10ClN3O3S/c1-7-15-9(6-20-7)5-14-12(17)10-4-8(13)2-3-11(10)16(18)19/h2-4,6H,5H2,1H3,(H,14,17). The zero-order valence-electron chi connectivity index (χ0n) is 10.4. The molecule has 104 valence electrons. The van der Waals surface area contributed by atoms with Gasteiger partial charge in [0.15, 0.2) is 0 Å². The summed E-state index contributed by atoms with van der Waals surface area (Å²) in [7, 11) is 0. The first-order valence-electron chi connectivity index (χ1n) is 5.60. The summed E-state index contributed by atoms with van der Waals surface area (Å²) in [5, 5.41) is 16.5. The van der Waals surface area contributed by atoms with Crippen molar-refractivity contribution in [2.24, 2.45) is 0 Å². The van der Waals surface area contributed by atoms with Crippen LogP contribution in [0, 0.1) is 17.0 Å². The molecule has 0 aliphatic carbocycles. The summed E-state index contributed by atoms with van der Waals surface area (Å²) in [4.78, 5) is 26.5. The first-order valence-corrected chi connectivity index (χ1v) is 6.86. The van der Waals surface area contributed by atoms with Crippen LogP contribution in [-0.4, -0.2) is 15.8 Å². The van der Waals surface area contributed by atoms with E-state index >= 15 is 0 Å². The maximum Gasteiger partial charge on any atom is 0.282 e. The van der Waals surface area contributed by atoms with E-state index in [0.717, 1.165) is 5.01 Å². The molecule has 0 aliphatic rings. The molecule has 6 nitrogen and oxygen atoms in total. The van der Waals surface area contributed by atoms with Crippen LogP contribution in [0.2, 0.25) is 5.02 Å². The minimum Gasteiger partial charge on any atom is -0.346 e. The lowest BCUT2D eigenvalue weighted by Crippen LogP contribution is -2.23. The molecule has 0 saturated carbocycles. The molecule has 8 heteroatoms. The number of carbonyl (C=O) groups excluding carboxylic acids is 1. The molecular weight excluding hydrogens is 302 g/mol. The predicted octanol–water partition coefficient (Wildman–Crippen LogP) is 2.94. The zero-order valence-corrected chi connectivity index (χ0v) is 12.0. The van der Waals surface area contributed by atoms with Gasteiger partial charge < -0.3 is 5.32 Å². The number of aromatic nitrogens is 1. The van der Waals surface area contributed by atoms with E-state index in [-0.39, 0.29) is 22.8 Å². The molecule has 0 saturated heterocycles. The lowest BCUT2D eigenvalue weighted by atomic mass is 10.1. The van der Waals surface area contributed by atoms with Crippen LogP contribution in [0.4, 0.5) is 5.69 Å². The normalized spacial score (nSPS) is 10.3. The third kappa shape index (κ3) is 3.31. The van der Waals surface area contributed by atoms with Gasteiger partial charge in [-0.15, -0.1) is 11.3 Å². The van der Waals surface area contributed by atoms with E-state index in [1.165, 1.54) is 29.5 Å². The Morgan fingerprint density at radius 1 is 1.55 bits per heavy atom. The summed E-state index contributed by atoms with van der Waals surface area (Å²) in [5.74, 6) is -0.551. The summed E-state index contributed by atoms with van der Waals surface area (Å²) >= 11 is 7.24. The van der Waals surface area contributed by atoms with Gasteiger partial charge in [0.2, 0.25) is 0 Å². The Morgan fingerprint density at radius 2 is 2.30 bits per heavy atom. The molecule has 1 aromatic carbocycles. The predicted molar refractivity (Wildman–Crippen MR) is 76.1 cm³/mol. The Bertz CT molecular complexity index is 672. The molecule has 2 aromatic rings. The molecule has 20 heavy (non-hydrogen) atoms. The van der Waals surface area contributed by atoms with Gasteiger partial charge in [-0.3, -0.25) is 14.9 Å². The van der Waals surface area contributed by atoms with Crippen LogP contribution < -0.4 is 5.32 Å². The largest absolute Gasteiger partial charge is 0.346 e. The fraction of sp³-hybridized carbons (Fsp3) is 0.167. The van der Waals surface area contributed by atoms with Crippen molar-refractivity contribution in [2.45, 2.75) is 13.5 Å². The van der Waals surface area contributed by atoms with Crippen LogP contribution in [0.1, 0.15) is 21.1 Å². The van der Waals surface area contributed by atoms with E-state index in [0.29, 0.717) is 5.69 Å². The minimum atomic E-state index is -0.613. The maximum absolute atomic E-state index is 12.0. The third-order valence-corrected chi connectivity index (χ3v) is 3.55. The van der Waals surface area contributed by atoms with E-state index in [1.807, 2.05) is 12.3 Å². The second-order valence-corrected chi connectivity index (χ2v) is 5.46. The van der Waals surface area contributed by atoms with Gasteiger partial charge >= 0.3 is 0 Å². The number of hydrogen-bond donors (Lipinski definition) is 1. The summed E-state index contributed by atoms with van der Waals surface area (Å²) in [6.45, 7) is 2.07. The lowest BCUT2D eigenvalue weighted by molar-refractivity contribution is -0.385. The number of carbonyl (C=O) groups is 1. The number of nitro groups is 1. The van der Waals surface area contributed by atoms with Gasteiger partial charge in [-0.05, 0) is 19.1 Å². The van der Waals surface area contributed by atoms with E-state index < -0.39 is 10.8 Å². The van der Waals surface area contributed by atoms with Gasteiger partial charge in [-0.1, -0.05) is 11.6 Å². The SMILES string of the molecule is Cc1nc(CNC(=O)c2cc(Cl)ccc2[N+](=O)[O-])cs1. The number of nitrogens with zero attached hydrogens (tertiary/aromatic N) is 2. The molecule has 0 fully saturated rings. The maximum atomic E-state index is 12.0. The van der Waals surface area contributed by atoms with Gasteiger partial charge in [0, 0.05) is 16.5 Å². The quantitative estimate of drug-likeness (QED) is 0.695. The van der Waals surface area contributed by atoms with Crippen LogP contribution in [0.25, 0.3) is 0 Å². The second-order valence-electron chi connectivity index (χ2n) is 3.96. The average molecular weight is 312 g/mol. The number of hydrogen-bond acceptors (Lipinski definition) is 5. The smallest absolute Gasteiger partial charge is 0.282 e. The fourth-order valence-electron chi connectivity index (χ4n) is 1.60. The molecular formula is C12H10ClN3O3S. The van der Waals surface area contributed by atoms with Crippen LogP contribution in [0.3, 0.4) is 0 Å². The van der Waals surface area contributed by atoms with Crippen molar-refractivity contribution in [3.63, 3.8) is 0 Å². The van der Waals surface area contributed by atoms with Crippen molar-refractivity contribution in [3.8, 4) is 0 Å². The number of amides is 1. The Balaban J connectivity index is 2.16. The van der Waals surface area contributed by atoms with Crippen molar-refractivity contribution < 1.29 is 9.72 Å². The molecule has 2 rings (SSSR count). The Morgan fingerprint density at radius 3 is 2.90 bits per heavy atom. The summed E-state index contributed by atoms with van der Waals surface area (Å²) in [5.41, 5.74) is 0.376. The Labute approximate surface area is 123 Å².